The van der Waals surface area contributed by atoms with Crippen LogP contribution in [0.3, 0.4) is 0 Å². The molecule has 5 rings (SSSR count). The van der Waals surface area contributed by atoms with Crippen LogP contribution >= 0.6 is 0 Å². The number of ether oxygens (including phenoxy) is 3. The van der Waals surface area contributed by atoms with Gasteiger partial charge in [-0.2, -0.15) is 0 Å². The molecule has 0 radical (unpaired) electrons. The molecule has 1 amide bonds. The Kier molecular flexibility index (Phi) is 6.27. The molecule has 0 fully saturated rings. The number of methoxy groups -OCH3 is 2. The van der Waals surface area contributed by atoms with Gasteiger partial charge >= 0.3 is 0 Å². The SMILES string of the molecule is COc1cc2nccc(Oc3ccc4cc(NC(=O)c5cccc(F)c5F)ccc4c3F)c2cc1OC. The van der Waals surface area contributed by atoms with E-state index in [1.165, 1.54) is 50.6 Å². The minimum absolute atomic E-state index is 0.0200. The molecule has 0 saturated carbocycles. The van der Waals surface area contributed by atoms with Crippen LogP contribution in [0.1, 0.15) is 10.4 Å². The van der Waals surface area contributed by atoms with Gasteiger partial charge in [0.15, 0.2) is 34.7 Å². The molecule has 0 spiro atoms. The molecule has 4 aromatic carbocycles. The third-order valence-corrected chi connectivity index (χ3v) is 5.80. The largest absolute Gasteiger partial charge is 0.493 e. The number of aromatic nitrogens is 1. The summed E-state index contributed by atoms with van der Waals surface area (Å²) in [7, 11) is 3.03. The Balaban J connectivity index is 1.45. The maximum Gasteiger partial charge on any atom is 0.258 e. The number of hydrogen-bond donors (Lipinski definition) is 1. The van der Waals surface area contributed by atoms with Crippen LogP contribution in [0.5, 0.6) is 23.0 Å². The number of rotatable bonds is 6. The van der Waals surface area contributed by atoms with Crippen LogP contribution < -0.4 is 19.5 Å². The average molecular weight is 504 g/mol. The van der Waals surface area contributed by atoms with E-state index in [2.05, 4.69) is 10.3 Å². The number of carbonyl (C=O) groups excluding carboxylic acids is 1. The number of halogens is 3. The average Bonchev–Trinajstić information content (AvgIpc) is 2.91. The molecule has 0 atom stereocenters. The number of benzene rings is 4. The first kappa shape index (κ1) is 23.9. The molecule has 0 saturated heterocycles. The van der Waals surface area contributed by atoms with E-state index in [4.69, 9.17) is 14.2 Å². The maximum absolute atomic E-state index is 15.4. The molecular formula is C28H19F3N2O4. The van der Waals surface area contributed by atoms with Crippen LogP contribution in [0.15, 0.2) is 72.9 Å². The second kappa shape index (κ2) is 9.69. The second-order valence-electron chi connectivity index (χ2n) is 8.00. The first-order chi connectivity index (χ1) is 17.9. The number of hydrogen-bond acceptors (Lipinski definition) is 5. The van der Waals surface area contributed by atoms with Gasteiger partial charge in [-0.25, -0.2) is 13.2 Å². The van der Waals surface area contributed by atoms with E-state index in [0.717, 1.165) is 6.07 Å². The molecule has 5 aromatic rings. The van der Waals surface area contributed by atoms with Gasteiger partial charge in [0.2, 0.25) is 0 Å². The summed E-state index contributed by atoms with van der Waals surface area (Å²) in [6.45, 7) is 0. The Morgan fingerprint density at radius 1 is 0.784 bits per heavy atom. The second-order valence-corrected chi connectivity index (χ2v) is 8.00. The van der Waals surface area contributed by atoms with E-state index in [1.54, 1.807) is 30.5 Å². The Morgan fingerprint density at radius 3 is 2.35 bits per heavy atom. The molecule has 1 N–H and O–H groups in total. The molecule has 0 aliphatic carbocycles. The lowest BCUT2D eigenvalue weighted by atomic mass is 10.1. The summed E-state index contributed by atoms with van der Waals surface area (Å²) >= 11 is 0. The fourth-order valence-electron chi connectivity index (χ4n) is 3.96. The molecule has 0 unspecified atom stereocenters. The monoisotopic (exact) mass is 504 g/mol. The lowest BCUT2D eigenvalue weighted by molar-refractivity contribution is 0.102. The number of fused-ring (bicyclic) bond motifs is 2. The van der Waals surface area contributed by atoms with Crippen molar-refractivity contribution in [3.05, 3.63) is 95.9 Å². The molecule has 1 heterocycles. The summed E-state index contributed by atoms with van der Waals surface area (Å²) in [5.41, 5.74) is 0.427. The van der Waals surface area contributed by atoms with E-state index in [0.29, 0.717) is 33.5 Å². The lowest BCUT2D eigenvalue weighted by Crippen LogP contribution is -2.14. The van der Waals surface area contributed by atoms with Crippen molar-refractivity contribution < 1.29 is 32.2 Å². The number of carbonyl (C=O) groups is 1. The van der Waals surface area contributed by atoms with Crippen LogP contribution in [0.2, 0.25) is 0 Å². The van der Waals surface area contributed by atoms with Crippen molar-refractivity contribution in [3.63, 3.8) is 0 Å². The fraction of sp³-hybridized carbons (Fsp3) is 0.0714. The molecule has 1 aromatic heterocycles. The number of nitrogens with zero attached hydrogens (tertiary/aromatic N) is 1. The molecule has 6 nitrogen and oxygen atoms in total. The number of amides is 1. The van der Waals surface area contributed by atoms with Crippen molar-refractivity contribution >= 4 is 33.3 Å². The molecular weight excluding hydrogens is 485 g/mol. The highest BCUT2D eigenvalue weighted by Crippen LogP contribution is 2.38. The molecule has 0 bridgehead atoms. The van der Waals surface area contributed by atoms with Gasteiger partial charge in [-0.3, -0.25) is 9.78 Å². The van der Waals surface area contributed by atoms with Crippen LogP contribution in [0.25, 0.3) is 21.7 Å². The van der Waals surface area contributed by atoms with Gasteiger partial charge in [0.25, 0.3) is 5.91 Å². The summed E-state index contributed by atoms with van der Waals surface area (Å²) in [6.07, 6.45) is 1.54. The van der Waals surface area contributed by atoms with Crippen LogP contribution in [-0.4, -0.2) is 25.1 Å². The topological polar surface area (TPSA) is 69.7 Å². The highest BCUT2D eigenvalue weighted by Gasteiger charge is 2.17. The number of pyridine rings is 1. The quantitative estimate of drug-likeness (QED) is 0.273. The Bertz CT molecular complexity index is 1670. The Labute approximate surface area is 209 Å². The van der Waals surface area contributed by atoms with Gasteiger partial charge in [-0.15, -0.1) is 0 Å². The summed E-state index contributed by atoms with van der Waals surface area (Å²) in [4.78, 5) is 16.7. The van der Waals surface area contributed by atoms with Gasteiger partial charge in [0, 0.05) is 28.7 Å². The lowest BCUT2D eigenvalue weighted by Gasteiger charge is -2.14. The third kappa shape index (κ3) is 4.47. The fourth-order valence-corrected chi connectivity index (χ4v) is 3.96. The predicted octanol–water partition coefficient (Wildman–Crippen LogP) is 6.87. The summed E-state index contributed by atoms with van der Waals surface area (Å²) in [5.74, 6) is -2.49. The first-order valence-corrected chi connectivity index (χ1v) is 11.1. The zero-order valence-electron chi connectivity index (χ0n) is 19.6. The van der Waals surface area contributed by atoms with Crippen LogP contribution in [0.4, 0.5) is 18.9 Å². The van der Waals surface area contributed by atoms with E-state index < -0.39 is 28.9 Å². The highest BCUT2D eigenvalue weighted by molar-refractivity contribution is 6.05. The van der Waals surface area contributed by atoms with E-state index in [9.17, 15) is 13.6 Å². The molecule has 9 heteroatoms. The Morgan fingerprint density at radius 2 is 1.57 bits per heavy atom. The van der Waals surface area contributed by atoms with E-state index in [-0.39, 0.29) is 16.8 Å². The Hall–Kier alpha value is -4.79. The van der Waals surface area contributed by atoms with Crippen molar-refractivity contribution in [2.24, 2.45) is 0 Å². The van der Waals surface area contributed by atoms with Crippen molar-refractivity contribution in [3.8, 4) is 23.0 Å². The minimum Gasteiger partial charge on any atom is -0.493 e. The first-order valence-electron chi connectivity index (χ1n) is 11.1. The highest BCUT2D eigenvalue weighted by atomic mass is 19.2. The molecule has 0 aliphatic rings. The molecule has 37 heavy (non-hydrogen) atoms. The van der Waals surface area contributed by atoms with E-state index >= 15 is 4.39 Å². The molecule has 186 valence electrons. The summed E-state index contributed by atoms with van der Waals surface area (Å²) in [6, 6.07) is 15.9. The van der Waals surface area contributed by atoms with Gasteiger partial charge < -0.3 is 19.5 Å². The van der Waals surface area contributed by atoms with Crippen LogP contribution in [0, 0.1) is 17.5 Å². The number of anilines is 1. The van der Waals surface area contributed by atoms with E-state index in [1.807, 2.05) is 0 Å². The summed E-state index contributed by atoms with van der Waals surface area (Å²) < 4.78 is 59.4. The van der Waals surface area contributed by atoms with Crippen molar-refractivity contribution in [1.29, 1.82) is 0 Å². The normalized spacial score (nSPS) is 10.9. The van der Waals surface area contributed by atoms with Crippen molar-refractivity contribution in [2.75, 3.05) is 19.5 Å². The predicted molar refractivity (Wildman–Crippen MR) is 133 cm³/mol. The smallest absolute Gasteiger partial charge is 0.258 e. The van der Waals surface area contributed by atoms with Crippen LogP contribution in [-0.2, 0) is 0 Å². The van der Waals surface area contributed by atoms with Crippen molar-refractivity contribution in [1.82, 2.24) is 4.98 Å². The standard InChI is InChI=1S/C28H19F3N2O4/c1-35-24-13-19-21(14-25(24)36-2)32-11-10-22(19)37-23-9-6-15-12-16(7-8-17(15)27(23)31)33-28(34)18-4-3-5-20(29)26(18)30/h3-14H,1-2H3,(H,33,34). The minimum atomic E-state index is -1.24. The van der Waals surface area contributed by atoms with Gasteiger partial charge in [-0.1, -0.05) is 12.1 Å². The number of nitrogens with one attached hydrogen (secondary N) is 1. The van der Waals surface area contributed by atoms with Gasteiger partial charge in [-0.05, 0) is 53.9 Å². The van der Waals surface area contributed by atoms with Gasteiger partial charge in [0.05, 0.1) is 25.3 Å². The maximum atomic E-state index is 15.4. The van der Waals surface area contributed by atoms with Crippen molar-refractivity contribution in [2.45, 2.75) is 0 Å². The summed E-state index contributed by atoms with van der Waals surface area (Å²) in [5, 5.41) is 3.81. The van der Waals surface area contributed by atoms with Gasteiger partial charge in [0.1, 0.15) is 5.75 Å². The molecule has 0 aliphatic heterocycles. The third-order valence-electron chi connectivity index (χ3n) is 5.80. The zero-order chi connectivity index (χ0) is 26.1. The zero-order valence-corrected chi connectivity index (χ0v) is 19.6.